The smallest absolute Gasteiger partial charge is 0.374 e. The number of hydrogen-bond donors (Lipinski definition) is 1. The molecule has 35 heavy (non-hydrogen) atoms. The minimum Gasteiger partial charge on any atom is -0.450 e. The van der Waals surface area contributed by atoms with Crippen molar-refractivity contribution in [2.24, 2.45) is 0 Å². The summed E-state index contributed by atoms with van der Waals surface area (Å²) in [7, 11) is -3.55. The molecular formula is C23H21N3O8S. The number of sulfonamides is 1. The van der Waals surface area contributed by atoms with Gasteiger partial charge in [0, 0.05) is 36.5 Å². The maximum Gasteiger partial charge on any atom is 0.374 e. The highest BCUT2D eigenvalue weighted by atomic mass is 32.2. The zero-order chi connectivity index (χ0) is 25.0. The molecule has 1 amide bonds. The average Bonchev–Trinajstić information content (AvgIpc) is 3.56. The zero-order valence-corrected chi connectivity index (χ0v) is 19.2. The molecule has 0 radical (unpaired) electrons. The Hall–Kier alpha value is -4.03. The van der Waals surface area contributed by atoms with Crippen molar-refractivity contribution in [3.05, 3.63) is 76.5 Å². The third-order valence-corrected chi connectivity index (χ3v) is 7.26. The van der Waals surface area contributed by atoms with Crippen LogP contribution < -0.4 is 5.32 Å². The van der Waals surface area contributed by atoms with Gasteiger partial charge in [-0.25, -0.2) is 13.2 Å². The molecule has 2 aromatic carbocycles. The number of amides is 1. The number of nitro benzene ring substituents is 1. The zero-order valence-electron chi connectivity index (χ0n) is 18.4. The molecule has 1 aromatic heterocycles. The van der Waals surface area contributed by atoms with Gasteiger partial charge in [-0.2, -0.15) is 4.31 Å². The summed E-state index contributed by atoms with van der Waals surface area (Å²) in [5, 5.41) is 13.3. The standard InChI is InChI=1S/C23H21N3O8S/c27-22(24-17-5-9-19(10-6-17)35(31,32)25-13-1-2-14-25)15-33-23(28)21-12-11-20(34-21)16-3-7-18(8-4-16)26(29)30/h3-12H,1-2,13-15H2,(H,24,27). The first-order chi connectivity index (χ1) is 16.7. The third kappa shape index (κ3) is 5.55. The summed E-state index contributed by atoms with van der Waals surface area (Å²) in [5.74, 6) is -1.31. The molecule has 0 spiro atoms. The molecule has 3 aromatic rings. The molecule has 0 saturated carbocycles. The van der Waals surface area contributed by atoms with Crippen LogP contribution in [0.5, 0.6) is 0 Å². The van der Waals surface area contributed by atoms with E-state index in [1.165, 1.54) is 65.0 Å². The number of rotatable bonds is 8. The van der Waals surface area contributed by atoms with Crippen LogP contribution in [0, 0.1) is 10.1 Å². The fourth-order valence-electron chi connectivity index (χ4n) is 3.54. The second kappa shape index (κ2) is 10.1. The Morgan fingerprint density at radius 1 is 1.00 bits per heavy atom. The SMILES string of the molecule is O=C(COC(=O)c1ccc(-c2ccc([N+](=O)[O-])cc2)o1)Nc1ccc(S(=O)(=O)N2CCCC2)cc1. The number of carbonyl (C=O) groups is 2. The van der Waals surface area contributed by atoms with Gasteiger partial charge in [-0.1, -0.05) is 0 Å². The summed E-state index contributed by atoms with van der Waals surface area (Å²) in [6.45, 7) is 0.411. The summed E-state index contributed by atoms with van der Waals surface area (Å²) >= 11 is 0. The van der Waals surface area contributed by atoms with E-state index < -0.39 is 33.4 Å². The molecule has 1 saturated heterocycles. The molecule has 1 fully saturated rings. The minimum atomic E-state index is -3.55. The lowest BCUT2D eigenvalue weighted by Gasteiger charge is -2.15. The Kier molecular flexibility index (Phi) is 6.94. The van der Waals surface area contributed by atoms with Crippen molar-refractivity contribution in [3.8, 4) is 11.3 Å². The normalized spacial score (nSPS) is 13.9. The van der Waals surface area contributed by atoms with Crippen LogP contribution in [0.4, 0.5) is 11.4 Å². The summed E-state index contributed by atoms with van der Waals surface area (Å²) in [6, 6.07) is 14.2. The second-order valence-electron chi connectivity index (χ2n) is 7.73. The number of non-ortho nitro benzene ring substituents is 1. The van der Waals surface area contributed by atoms with E-state index in [9.17, 15) is 28.1 Å². The van der Waals surface area contributed by atoms with E-state index in [0.29, 0.717) is 30.1 Å². The van der Waals surface area contributed by atoms with Crippen LogP contribution in [0.15, 0.2) is 70.0 Å². The molecule has 1 aliphatic heterocycles. The minimum absolute atomic E-state index is 0.0752. The maximum atomic E-state index is 12.6. The molecule has 12 heteroatoms. The largest absolute Gasteiger partial charge is 0.450 e. The van der Waals surface area contributed by atoms with Gasteiger partial charge in [0.25, 0.3) is 11.6 Å². The molecule has 1 aliphatic rings. The summed E-state index contributed by atoms with van der Waals surface area (Å²) < 4.78 is 37.0. The van der Waals surface area contributed by atoms with Gasteiger partial charge in [0.15, 0.2) is 6.61 Å². The number of ether oxygens (including phenoxy) is 1. The van der Waals surface area contributed by atoms with Gasteiger partial charge in [0.1, 0.15) is 5.76 Å². The number of benzene rings is 2. The van der Waals surface area contributed by atoms with E-state index in [-0.39, 0.29) is 16.3 Å². The number of nitro groups is 1. The molecular weight excluding hydrogens is 478 g/mol. The Morgan fingerprint density at radius 3 is 2.29 bits per heavy atom. The van der Waals surface area contributed by atoms with Crippen LogP contribution in [0.2, 0.25) is 0 Å². The molecule has 0 aliphatic carbocycles. The van der Waals surface area contributed by atoms with E-state index in [1.807, 2.05) is 0 Å². The van der Waals surface area contributed by atoms with Gasteiger partial charge in [-0.05, 0) is 61.4 Å². The fourth-order valence-corrected chi connectivity index (χ4v) is 5.05. The second-order valence-corrected chi connectivity index (χ2v) is 9.67. The molecule has 182 valence electrons. The van der Waals surface area contributed by atoms with Crippen molar-refractivity contribution < 1.29 is 32.1 Å². The van der Waals surface area contributed by atoms with Gasteiger partial charge < -0.3 is 14.5 Å². The Bertz CT molecular complexity index is 1340. The number of nitrogens with zero attached hydrogens (tertiary/aromatic N) is 2. The van der Waals surface area contributed by atoms with Gasteiger partial charge >= 0.3 is 5.97 Å². The maximum absolute atomic E-state index is 12.6. The van der Waals surface area contributed by atoms with E-state index in [0.717, 1.165) is 12.8 Å². The lowest BCUT2D eigenvalue weighted by molar-refractivity contribution is -0.384. The lowest BCUT2D eigenvalue weighted by atomic mass is 10.1. The Morgan fingerprint density at radius 2 is 1.66 bits per heavy atom. The van der Waals surface area contributed by atoms with Crippen LogP contribution in [0.3, 0.4) is 0 Å². The first-order valence-electron chi connectivity index (χ1n) is 10.7. The molecule has 0 unspecified atom stereocenters. The topological polar surface area (TPSA) is 149 Å². The molecule has 1 N–H and O–H groups in total. The van der Waals surface area contributed by atoms with Crippen molar-refractivity contribution in [2.45, 2.75) is 17.7 Å². The van der Waals surface area contributed by atoms with Gasteiger partial charge in [-0.15, -0.1) is 0 Å². The first kappa shape index (κ1) is 24.1. The van der Waals surface area contributed by atoms with Crippen molar-refractivity contribution in [1.82, 2.24) is 4.31 Å². The average molecular weight is 500 g/mol. The van der Waals surface area contributed by atoms with Crippen molar-refractivity contribution in [1.29, 1.82) is 0 Å². The van der Waals surface area contributed by atoms with Crippen LogP contribution in [-0.4, -0.2) is 49.2 Å². The molecule has 4 rings (SSSR count). The van der Waals surface area contributed by atoms with Crippen molar-refractivity contribution in [2.75, 3.05) is 25.0 Å². The summed E-state index contributed by atoms with van der Waals surface area (Å²) in [4.78, 5) is 34.7. The highest BCUT2D eigenvalue weighted by Gasteiger charge is 2.27. The number of esters is 1. The van der Waals surface area contributed by atoms with E-state index in [2.05, 4.69) is 5.32 Å². The van der Waals surface area contributed by atoms with Crippen LogP contribution in [-0.2, 0) is 19.6 Å². The molecule has 11 nitrogen and oxygen atoms in total. The van der Waals surface area contributed by atoms with E-state index >= 15 is 0 Å². The van der Waals surface area contributed by atoms with Crippen molar-refractivity contribution >= 4 is 33.3 Å². The first-order valence-corrected chi connectivity index (χ1v) is 12.1. The highest BCUT2D eigenvalue weighted by Crippen LogP contribution is 2.25. The van der Waals surface area contributed by atoms with Crippen LogP contribution >= 0.6 is 0 Å². The van der Waals surface area contributed by atoms with Gasteiger partial charge in [0.2, 0.25) is 15.8 Å². The Labute approximate surface area is 200 Å². The fraction of sp³-hybridized carbons (Fsp3) is 0.217. The lowest BCUT2D eigenvalue weighted by Crippen LogP contribution is -2.27. The predicted molar refractivity (Wildman–Crippen MR) is 124 cm³/mol. The number of hydrogen-bond acceptors (Lipinski definition) is 8. The molecule has 2 heterocycles. The predicted octanol–water partition coefficient (Wildman–Crippen LogP) is 3.43. The molecule has 0 atom stereocenters. The quantitative estimate of drug-likeness (QED) is 0.281. The van der Waals surface area contributed by atoms with E-state index in [4.69, 9.17) is 9.15 Å². The van der Waals surface area contributed by atoms with Crippen LogP contribution in [0.1, 0.15) is 23.4 Å². The summed E-state index contributed by atoms with van der Waals surface area (Å²) in [5.41, 5.74) is 0.807. The number of anilines is 1. The van der Waals surface area contributed by atoms with Gasteiger partial charge in [-0.3, -0.25) is 14.9 Å². The van der Waals surface area contributed by atoms with E-state index in [1.54, 1.807) is 0 Å². The highest BCUT2D eigenvalue weighted by molar-refractivity contribution is 7.89. The summed E-state index contributed by atoms with van der Waals surface area (Å²) in [6.07, 6.45) is 1.67. The molecule has 0 bridgehead atoms. The Balaban J connectivity index is 1.30. The number of carbonyl (C=O) groups excluding carboxylic acids is 2. The third-order valence-electron chi connectivity index (χ3n) is 5.35. The monoisotopic (exact) mass is 499 g/mol. The van der Waals surface area contributed by atoms with Crippen molar-refractivity contribution in [3.63, 3.8) is 0 Å². The number of nitrogens with one attached hydrogen (secondary N) is 1. The number of furan rings is 1. The van der Waals surface area contributed by atoms with Crippen LogP contribution in [0.25, 0.3) is 11.3 Å². The van der Waals surface area contributed by atoms with Gasteiger partial charge in [0.05, 0.1) is 9.82 Å².